The molecule has 0 atom stereocenters. The molecule has 1 fully saturated rings. The number of nitrogens with one attached hydrogen (secondary N) is 1. The molecule has 5 nitrogen and oxygen atoms in total. The van der Waals surface area contributed by atoms with Crippen molar-refractivity contribution in [3.63, 3.8) is 0 Å². The van der Waals surface area contributed by atoms with Crippen molar-refractivity contribution in [1.82, 2.24) is 9.88 Å². The Kier molecular flexibility index (Phi) is 6.30. The topological polar surface area (TPSA) is 63.4 Å². The molecule has 0 amide bonds. The van der Waals surface area contributed by atoms with Crippen LogP contribution in [-0.2, 0) is 0 Å². The van der Waals surface area contributed by atoms with E-state index < -0.39 is 0 Å². The Morgan fingerprint density at radius 2 is 1.90 bits per heavy atom. The van der Waals surface area contributed by atoms with Gasteiger partial charge in [-0.1, -0.05) is 30.2 Å². The first kappa shape index (κ1) is 20.8. The summed E-state index contributed by atoms with van der Waals surface area (Å²) < 4.78 is 6.14. The Bertz CT molecular complexity index is 1050. The van der Waals surface area contributed by atoms with Gasteiger partial charge in [-0.3, -0.25) is 4.90 Å². The van der Waals surface area contributed by atoms with Gasteiger partial charge >= 0.3 is 0 Å². The first-order valence-electron chi connectivity index (χ1n) is 10.6. The number of nitrogens with two attached hydrogens (primary N) is 1. The maximum absolute atomic E-state index is 6.49. The average molecular weight is 425 g/mol. The molecule has 2 aromatic carbocycles. The van der Waals surface area contributed by atoms with Gasteiger partial charge in [0.2, 0.25) is 0 Å². The molecule has 1 aromatic heterocycles. The summed E-state index contributed by atoms with van der Waals surface area (Å²) in [6.07, 6.45) is 3.91. The highest BCUT2D eigenvalue weighted by Crippen LogP contribution is 2.34. The molecule has 3 N–H and O–H groups in total. The fourth-order valence-corrected chi connectivity index (χ4v) is 4.15. The van der Waals surface area contributed by atoms with E-state index in [4.69, 9.17) is 27.1 Å². The van der Waals surface area contributed by atoms with Crippen molar-refractivity contribution in [2.24, 2.45) is 0 Å². The second-order valence-electron chi connectivity index (χ2n) is 8.01. The minimum Gasteiger partial charge on any atom is -0.492 e. The van der Waals surface area contributed by atoms with Crippen molar-refractivity contribution in [2.45, 2.75) is 33.1 Å². The number of likely N-dealkylation sites (tertiary alicyclic amines) is 1. The molecule has 0 unspecified atom stereocenters. The molecule has 1 aliphatic heterocycles. The van der Waals surface area contributed by atoms with Crippen LogP contribution in [0, 0.1) is 13.8 Å². The second kappa shape index (κ2) is 9.11. The SMILES string of the molecule is Cc1cc2c(OCCN3CCCCC3)ccc(Cl)c2nc1Nc1cccc(C)c1N. The average Bonchev–Trinajstić information content (AvgIpc) is 2.75. The van der Waals surface area contributed by atoms with E-state index in [1.165, 1.54) is 32.4 Å². The van der Waals surface area contributed by atoms with Crippen LogP contribution < -0.4 is 15.8 Å². The smallest absolute Gasteiger partial charge is 0.134 e. The monoisotopic (exact) mass is 424 g/mol. The lowest BCUT2D eigenvalue weighted by atomic mass is 10.1. The molecule has 2 heterocycles. The predicted octanol–water partition coefficient (Wildman–Crippen LogP) is 5.70. The maximum atomic E-state index is 6.49. The number of aromatic nitrogens is 1. The number of fused-ring (bicyclic) bond motifs is 1. The van der Waals surface area contributed by atoms with Gasteiger partial charge in [0, 0.05) is 11.9 Å². The molecule has 6 heteroatoms. The minimum absolute atomic E-state index is 0.605. The third kappa shape index (κ3) is 4.47. The third-order valence-electron chi connectivity index (χ3n) is 5.78. The Labute approximate surface area is 183 Å². The number of benzene rings is 2. The fraction of sp³-hybridized carbons (Fsp3) is 0.375. The number of ether oxygens (including phenoxy) is 1. The molecule has 158 valence electrons. The normalized spacial score (nSPS) is 14.8. The number of para-hydroxylation sites is 1. The number of nitrogens with zero attached hydrogens (tertiary/aromatic N) is 2. The van der Waals surface area contributed by atoms with E-state index in [1.807, 2.05) is 44.2 Å². The van der Waals surface area contributed by atoms with Crippen LogP contribution in [0.3, 0.4) is 0 Å². The molecule has 1 saturated heterocycles. The van der Waals surface area contributed by atoms with Crippen LogP contribution in [-0.4, -0.2) is 36.1 Å². The summed E-state index contributed by atoms with van der Waals surface area (Å²) in [5, 5.41) is 4.90. The predicted molar refractivity (Wildman–Crippen MR) is 126 cm³/mol. The Hall–Kier alpha value is -2.50. The number of aryl methyl sites for hydroxylation is 2. The molecule has 1 aliphatic rings. The number of rotatable bonds is 6. The molecule has 0 spiro atoms. The summed E-state index contributed by atoms with van der Waals surface area (Å²) in [6, 6.07) is 11.8. The van der Waals surface area contributed by atoms with E-state index in [2.05, 4.69) is 16.3 Å². The van der Waals surface area contributed by atoms with Crippen LogP contribution in [0.2, 0.25) is 5.02 Å². The molecule has 0 radical (unpaired) electrons. The lowest BCUT2D eigenvalue weighted by molar-refractivity contribution is 0.184. The van der Waals surface area contributed by atoms with Gasteiger partial charge in [-0.2, -0.15) is 0 Å². The van der Waals surface area contributed by atoms with E-state index in [0.717, 1.165) is 51.5 Å². The zero-order valence-electron chi connectivity index (χ0n) is 17.7. The van der Waals surface area contributed by atoms with Crippen LogP contribution >= 0.6 is 11.6 Å². The van der Waals surface area contributed by atoms with Gasteiger partial charge in [0.15, 0.2) is 0 Å². The number of halogens is 1. The molecule has 0 saturated carbocycles. The number of anilines is 3. The van der Waals surface area contributed by atoms with Crippen LogP contribution in [0.25, 0.3) is 10.9 Å². The highest BCUT2D eigenvalue weighted by atomic mass is 35.5. The van der Waals surface area contributed by atoms with Crippen molar-refractivity contribution >= 4 is 39.7 Å². The minimum atomic E-state index is 0.605. The summed E-state index contributed by atoms with van der Waals surface area (Å²) >= 11 is 6.49. The Morgan fingerprint density at radius 1 is 1.10 bits per heavy atom. The highest BCUT2D eigenvalue weighted by Gasteiger charge is 2.14. The van der Waals surface area contributed by atoms with Gasteiger partial charge in [0.1, 0.15) is 18.2 Å². The summed E-state index contributed by atoms with van der Waals surface area (Å²) in [6.45, 7) is 7.97. The first-order chi connectivity index (χ1) is 14.5. The van der Waals surface area contributed by atoms with Crippen molar-refractivity contribution in [1.29, 1.82) is 0 Å². The summed E-state index contributed by atoms with van der Waals surface area (Å²) in [5.74, 6) is 1.57. The number of piperidine rings is 1. The fourth-order valence-electron chi connectivity index (χ4n) is 3.94. The molecular formula is C24H29ClN4O. The van der Waals surface area contributed by atoms with Crippen LogP contribution in [0.15, 0.2) is 36.4 Å². The van der Waals surface area contributed by atoms with E-state index in [0.29, 0.717) is 11.6 Å². The van der Waals surface area contributed by atoms with Gasteiger partial charge in [-0.05, 0) is 75.2 Å². The van der Waals surface area contributed by atoms with E-state index in [-0.39, 0.29) is 0 Å². The van der Waals surface area contributed by atoms with Crippen LogP contribution in [0.1, 0.15) is 30.4 Å². The third-order valence-corrected chi connectivity index (χ3v) is 6.08. The quantitative estimate of drug-likeness (QED) is 0.497. The summed E-state index contributed by atoms with van der Waals surface area (Å²) in [7, 11) is 0. The zero-order valence-corrected chi connectivity index (χ0v) is 18.4. The largest absolute Gasteiger partial charge is 0.492 e. The van der Waals surface area contributed by atoms with Crippen molar-refractivity contribution < 1.29 is 4.74 Å². The van der Waals surface area contributed by atoms with Crippen LogP contribution in [0.4, 0.5) is 17.2 Å². The lowest BCUT2D eigenvalue weighted by Crippen LogP contribution is -2.33. The Balaban J connectivity index is 1.57. The van der Waals surface area contributed by atoms with Gasteiger partial charge in [0.25, 0.3) is 0 Å². The molecular weight excluding hydrogens is 396 g/mol. The van der Waals surface area contributed by atoms with Crippen molar-refractivity contribution in [3.05, 3.63) is 52.5 Å². The van der Waals surface area contributed by atoms with E-state index in [9.17, 15) is 0 Å². The summed E-state index contributed by atoms with van der Waals surface area (Å²) in [5.41, 5.74) is 10.6. The molecule has 0 aliphatic carbocycles. The molecule has 3 aromatic rings. The molecule has 4 rings (SSSR count). The number of hydrogen-bond donors (Lipinski definition) is 2. The van der Waals surface area contributed by atoms with Crippen LogP contribution in [0.5, 0.6) is 5.75 Å². The number of pyridine rings is 1. The van der Waals surface area contributed by atoms with Gasteiger partial charge in [-0.15, -0.1) is 0 Å². The maximum Gasteiger partial charge on any atom is 0.134 e. The Morgan fingerprint density at radius 3 is 2.70 bits per heavy atom. The molecule has 0 bridgehead atoms. The molecule has 30 heavy (non-hydrogen) atoms. The second-order valence-corrected chi connectivity index (χ2v) is 8.41. The summed E-state index contributed by atoms with van der Waals surface area (Å²) in [4.78, 5) is 7.28. The first-order valence-corrected chi connectivity index (χ1v) is 11.0. The standard InChI is InChI=1S/C24H29ClN4O/c1-16-7-6-8-20(22(16)26)27-24-17(2)15-18-21(10-9-19(25)23(18)28-24)30-14-13-29-11-4-3-5-12-29/h6-10,15H,3-5,11-14,26H2,1-2H3,(H,27,28). The van der Waals surface area contributed by atoms with Crippen molar-refractivity contribution in [2.75, 3.05) is 37.3 Å². The van der Waals surface area contributed by atoms with E-state index >= 15 is 0 Å². The van der Waals surface area contributed by atoms with Gasteiger partial charge in [-0.25, -0.2) is 4.98 Å². The van der Waals surface area contributed by atoms with E-state index in [1.54, 1.807) is 0 Å². The zero-order chi connectivity index (χ0) is 21.1. The van der Waals surface area contributed by atoms with Crippen molar-refractivity contribution in [3.8, 4) is 5.75 Å². The van der Waals surface area contributed by atoms with Gasteiger partial charge < -0.3 is 15.8 Å². The lowest BCUT2D eigenvalue weighted by Gasteiger charge is -2.26. The van der Waals surface area contributed by atoms with Gasteiger partial charge in [0.05, 0.1) is 21.9 Å². The number of hydrogen-bond acceptors (Lipinski definition) is 5. The highest BCUT2D eigenvalue weighted by molar-refractivity contribution is 6.35. The number of nitrogen functional groups attached to an aromatic ring is 1.